The van der Waals surface area contributed by atoms with Crippen LogP contribution in [0.3, 0.4) is 0 Å². The van der Waals surface area contributed by atoms with Crippen LogP contribution in [-0.2, 0) is 6.11 Å². The van der Waals surface area contributed by atoms with E-state index >= 15 is 0 Å². The number of fused-ring (bicyclic) bond motifs is 1. The van der Waals surface area contributed by atoms with Gasteiger partial charge in [-0.1, -0.05) is 50.7 Å². The Morgan fingerprint density at radius 2 is 1.52 bits per heavy atom. The molecule has 1 aliphatic rings. The lowest BCUT2D eigenvalue weighted by Crippen LogP contribution is -2.22. The van der Waals surface area contributed by atoms with E-state index in [0.29, 0.717) is 18.1 Å². The molecule has 4 rings (SSSR count). The highest BCUT2D eigenvalue weighted by molar-refractivity contribution is 5.87. The van der Waals surface area contributed by atoms with Crippen molar-refractivity contribution in [1.82, 2.24) is 0 Å². The number of ether oxygens (including phenoxy) is 1. The van der Waals surface area contributed by atoms with E-state index < -0.39 is 57.4 Å². The van der Waals surface area contributed by atoms with Gasteiger partial charge in [0.2, 0.25) is 0 Å². The van der Waals surface area contributed by atoms with E-state index in [2.05, 4.69) is 6.92 Å². The van der Waals surface area contributed by atoms with Crippen molar-refractivity contribution >= 4 is 10.8 Å². The van der Waals surface area contributed by atoms with Crippen LogP contribution >= 0.6 is 0 Å². The molecular weight excluding hydrogens is 540 g/mol. The number of rotatable bonds is 8. The smallest absolute Gasteiger partial charge is 0.429 e. The van der Waals surface area contributed by atoms with Gasteiger partial charge in [0.15, 0.2) is 5.82 Å². The Morgan fingerprint density at radius 3 is 2.15 bits per heavy atom. The van der Waals surface area contributed by atoms with Crippen LogP contribution in [0.1, 0.15) is 80.9 Å². The fourth-order valence-electron chi connectivity index (χ4n) is 5.32. The summed E-state index contributed by atoms with van der Waals surface area (Å²) in [5, 5.41) is -1.41. The largest absolute Gasteiger partial charge is 0.458 e. The molecule has 0 saturated heterocycles. The van der Waals surface area contributed by atoms with E-state index in [0.717, 1.165) is 43.2 Å². The van der Waals surface area contributed by atoms with Crippen molar-refractivity contribution in [2.45, 2.75) is 76.5 Å². The lowest BCUT2D eigenvalue weighted by Gasteiger charge is -2.29. The maximum absolute atomic E-state index is 15.0. The number of halogens is 8. The highest BCUT2D eigenvalue weighted by atomic mass is 19.4. The van der Waals surface area contributed by atoms with Crippen molar-refractivity contribution in [2.75, 3.05) is 0 Å². The Bertz CT molecular complexity index is 1390. The Kier molecular flexibility index (Phi) is 8.96. The van der Waals surface area contributed by atoms with Crippen molar-refractivity contribution in [3.63, 3.8) is 0 Å². The molecule has 40 heavy (non-hydrogen) atoms. The second-order valence-corrected chi connectivity index (χ2v) is 10.3. The molecule has 0 aliphatic heterocycles. The highest BCUT2D eigenvalue weighted by Crippen LogP contribution is 2.40. The molecule has 1 nitrogen and oxygen atoms in total. The van der Waals surface area contributed by atoms with Crippen LogP contribution in [0.2, 0.25) is 0 Å². The molecule has 0 bridgehead atoms. The van der Waals surface area contributed by atoms with Gasteiger partial charge in [0.25, 0.3) is 0 Å². The van der Waals surface area contributed by atoms with E-state index in [-0.39, 0.29) is 5.92 Å². The van der Waals surface area contributed by atoms with Crippen LogP contribution in [0, 0.1) is 35.2 Å². The van der Waals surface area contributed by atoms with Crippen molar-refractivity contribution < 1.29 is 39.9 Å². The minimum absolute atomic E-state index is 0.288. The predicted molar refractivity (Wildman–Crippen MR) is 137 cm³/mol. The normalized spacial score (nSPS) is 17.9. The monoisotopic (exact) mass is 568 g/mol. The first kappa shape index (κ1) is 29.7. The SMILES string of the molecule is CCCCCC1CCC(c2ccc(C(F)(F)Oc3cc(F)c4c(F)c(C#CC(F)(F)F)c(F)cc4c3)cc2)CC1. The van der Waals surface area contributed by atoms with Crippen LogP contribution in [0.4, 0.5) is 35.1 Å². The van der Waals surface area contributed by atoms with Gasteiger partial charge in [0.05, 0.1) is 16.5 Å². The first-order valence-electron chi connectivity index (χ1n) is 13.3. The molecule has 9 heteroatoms. The van der Waals surface area contributed by atoms with E-state index in [9.17, 15) is 35.1 Å². The van der Waals surface area contributed by atoms with Crippen LogP contribution in [0.5, 0.6) is 5.75 Å². The third kappa shape index (κ3) is 7.07. The molecule has 1 fully saturated rings. The number of benzene rings is 3. The summed E-state index contributed by atoms with van der Waals surface area (Å²) in [4.78, 5) is 0. The van der Waals surface area contributed by atoms with Crippen LogP contribution in [0.15, 0.2) is 42.5 Å². The van der Waals surface area contributed by atoms with Gasteiger partial charge in [-0.2, -0.15) is 22.0 Å². The fourth-order valence-corrected chi connectivity index (χ4v) is 5.32. The summed E-state index contributed by atoms with van der Waals surface area (Å²) in [5.41, 5.74) is -0.813. The molecule has 0 aromatic heterocycles. The zero-order valence-electron chi connectivity index (χ0n) is 21.8. The maximum atomic E-state index is 15.0. The number of alkyl halides is 5. The van der Waals surface area contributed by atoms with Crippen LogP contribution in [0.25, 0.3) is 10.8 Å². The molecular formula is C31H28F8O. The van der Waals surface area contributed by atoms with Gasteiger partial charge in [-0.15, -0.1) is 0 Å². The zero-order valence-corrected chi connectivity index (χ0v) is 21.8. The van der Waals surface area contributed by atoms with Crippen LogP contribution < -0.4 is 4.74 Å². The molecule has 0 spiro atoms. The summed E-state index contributed by atoms with van der Waals surface area (Å²) in [6.07, 6.45) is 0.176. The molecule has 0 amide bonds. The van der Waals surface area contributed by atoms with Gasteiger partial charge in [0.1, 0.15) is 17.4 Å². The summed E-state index contributed by atoms with van der Waals surface area (Å²) < 4.78 is 115. The van der Waals surface area contributed by atoms with E-state index in [1.807, 2.05) is 0 Å². The number of hydrogen-bond acceptors (Lipinski definition) is 1. The lowest BCUT2D eigenvalue weighted by molar-refractivity contribution is -0.185. The highest BCUT2D eigenvalue weighted by Gasteiger charge is 2.35. The van der Waals surface area contributed by atoms with Gasteiger partial charge in [-0.05, 0) is 72.7 Å². The maximum Gasteiger partial charge on any atom is 0.458 e. The second kappa shape index (κ2) is 12.1. The molecule has 3 aromatic rings. The summed E-state index contributed by atoms with van der Waals surface area (Å²) in [7, 11) is 0. The average Bonchev–Trinajstić information content (AvgIpc) is 2.88. The average molecular weight is 569 g/mol. The molecule has 0 heterocycles. The van der Waals surface area contributed by atoms with Gasteiger partial charge >= 0.3 is 12.3 Å². The first-order chi connectivity index (χ1) is 18.9. The van der Waals surface area contributed by atoms with Gasteiger partial charge in [-0.25, -0.2) is 13.2 Å². The summed E-state index contributed by atoms with van der Waals surface area (Å²) >= 11 is 0. The van der Waals surface area contributed by atoms with Crippen molar-refractivity contribution in [2.24, 2.45) is 5.92 Å². The van der Waals surface area contributed by atoms with Crippen LogP contribution in [-0.4, -0.2) is 6.18 Å². The first-order valence-corrected chi connectivity index (χ1v) is 13.3. The second-order valence-electron chi connectivity index (χ2n) is 10.3. The Labute approximate surface area is 227 Å². The van der Waals surface area contributed by atoms with Gasteiger partial charge in [-0.3, -0.25) is 0 Å². The van der Waals surface area contributed by atoms with Crippen molar-refractivity contribution in [1.29, 1.82) is 0 Å². The van der Waals surface area contributed by atoms with Crippen molar-refractivity contribution in [3.05, 3.63) is 76.6 Å². The van der Waals surface area contributed by atoms with Gasteiger partial charge in [0, 0.05) is 12.0 Å². The summed E-state index contributed by atoms with van der Waals surface area (Å²) in [6, 6.07) is 7.50. The Hall–Kier alpha value is -3.28. The predicted octanol–water partition coefficient (Wildman–Crippen LogP) is 10.2. The van der Waals surface area contributed by atoms with Crippen molar-refractivity contribution in [3.8, 4) is 17.6 Å². The molecule has 0 atom stereocenters. The molecule has 0 unspecified atom stereocenters. The summed E-state index contributed by atoms with van der Waals surface area (Å²) in [6.45, 7) is 2.18. The van der Waals surface area contributed by atoms with E-state index in [4.69, 9.17) is 4.74 Å². The summed E-state index contributed by atoms with van der Waals surface area (Å²) in [5.74, 6) is -2.28. The quantitative estimate of drug-likeness (QED) is 0.149. The molecule has 214 valence electrons. The topological polar surface area (TPSA) is 9.23 Å². The number of unbranched alkanes of at least 4 members (excludes halogenated alkanes) is 2. The zero-order chi connectivity index (χ0) is 29.1. The molecule has 0 radical (unpaired) electrons. The minimum Gasteiger partial charge on any atom is -0.429 e. The van der Waals surface area contributed by atoms with E-state index in [1.165, 1.54) is 43.7 Å². The molecule has 1 aliphatic carbocycles. The fraction of sp³-hybridized carbons (Fsp3) is 0.419. The Morgan fingerprint density at radius 1 is 0.850 bits per heavy atom. The number of hydrogen-bond donors (Lipinski definition) is 0. The lowest BCUT2D eigenvalue weighted by atomic mass is 9.77. The molecule has 1 saturated carbocycles. The van der Waals surface area contributed by atoms with E-state index in [1.54, 1.807) is 12.1 Å². The Balaban J connectivity index is 1.49. The third-order valence-corrected chi connectivity index (χ3v) is 7.41. The molecule has 0 N–H and O–H groups in total. The third-order valence-electron chi connectivity index (χ3n) is 7.41. The van der Waals surface area contributed by atoms with Gasteiger partial charge < -0.3 is 4.74 Å². The molecule has 3 aromatic carbocycles. The minimum atomic E-state index is -5.03. The standard InChI is InChI=1S/C31H28F8O/c1-2-3-4-5-19-6-8-20(9-7-19)21-10-12-23(13-11-21)31(38,39)40-24-16-22-17-26(32)25(14-15-30(35,36)37)29(34)28(22)27(33)18-24/h10-13,16-20H,2-9H2,1H3.